The fourth-order valence-electron chi connectivity index (χ4n) is 3.40. The molecule has 4 rings (SSSR count). The largest absolute Gasteiger partial charge is 0.495 e. The molecule has 32 heavy (non-hydrogen) atoms. The Morgan fingerprint density at radius 3 is 2.75 bits per heavy atom. The second kappa shape index (κ2) is 9.69. The van der Waals surface area contributed by atoms with Crippen LogP contribution in [0.5, 0.6) is 5.75 Å². The van der Waals surface area contributed by atoms with E-state index in [4.69, 9.17) is 14.2 Å². The molecule has 0 spiro atoms. The van der Waals surface area contributed by atoms with Crippen molar-refractivity contribution in [2.24, 2.45) is 0 Å². The Kier molecular flexibility index (Phi) is 6.74. The van der Waals surface area contributed by atoms with Crippen LogP contribution in [-0.2, 0) is 19.5 Å². The highest BCUT2D eigenvalue weighted by molar-refractivity contribution is 7.89. The number of benzene rings is 1. The lowest BCUT2D eigenvalue weighted by Gasteiger charge is -2.26. The van der Waals surface area contributed by atoms with Crippen LogP contribution in [0.2, 0.25) is 0 Å². The van der Waals surface area contributed by atoms with E-state index >= 15 is 0 Å². The van der Waals surface area contributed by atoms with E-state index in [-0.39, 0.29) is 4.90 Å². The van der Waals surface area contributed by atoms with Gasteiger partial charge in [-0.2, -0.15) is 14.3 Å². The van der Waals surface area contributed by atoms with Crippen LogP contribution in [-0.4, -0.2) is 81.3 Å². The van der Waals surface area contributed by atoms with Crippen molar-refractivity contribution in [2.75, 3.05) is 64.3 Å². The molecule has 3 aromatic rings. The first-order chi connectivity index (χ1) is 15.5. The molecule has 2 aromatic heterocycles. The van der Waals surface area contributed by atoms with E-state index in [1.807, 2.05) is 6.07 Å². The molecule has 0 aliphatic carbocycles. The number of aromatic nitrogens is 3. The first-order valence-electron chi connectivity index (χ1n) is 10.1. The summed E-state index contributed by atoms with van der Waals surface area (Å²) in [4.78, 5) is 12.3. The van der Waals surface area contributed by atoms with E-state index in [9.17, 15) is 8.42 Å². The van der Waals surface area contributed by atoms with Gasteiger partial charge in [0.05, 0.1) is 42.9 Å². The molecule has 1 aliphatic rings. The van der Waals surface area contributed by atoms with E-state index in [1.54, 1.807) is 25.4 Å². The molecule has 12 heteroatoms. The van der Waals surface area contributed by atoms with Gasteiger partial charge in [-0.25, -0.2) is 8.42 Å². The standard InChI is InChI=1S/C20H26N6O5S/c1-29-10-7-22-19-15-5-6-21-18(15)24-20(25-19)23-16-4-3-14(13-17(16)30-2)32(27,28)26-8-11-31-12-9-26/h3-6,13H,7-12H2,1-2H3,(H3,21,22,23,24,25). The van der Waals surface area contributed by atoms with Crippen molar-refractivity contribution in [3.8, 4) is 5.75 Å². The van der Waals surface area contributed by atoms with Crippen molar-refractivity contribution in [3.05, 3.63) is 30.5 Å². The van der Waals surface area contributed by atoms with Crippen molar-refractivity contribution < 1.29 is 22.6 Å². The smallest absolute Gasteiger partial charge is 0.243 e. The van der Waals surface area contributed by atoms with Crippen LogP contribution in [0.15, 0.2) is 35.4 Å². The Labute approximate surface area is 186 Å². The fourth-order valence-corrected chi connectivity index (χ4v) is 4.82. The molecule has 1 aliphatic heterocycles. The Balaban J connectivity index is 1.61. The molecule has 0 amide bonds. The zero-order chi connectivity index (χ0) is 22.6. The number of sulfonamides is 1. The van der Waals surface area contributed by atoms with Gasteiger partial charge in [-0.15, -0.1) is 0 Å². The molecule has 0 saturated carbocycles. The van der Waals surface area contributed by atoms with E-state index in [0.717, 1.165) is 5.39 Å². The third-order valence-corrected chi connectivity index (χ3v) is 6.94. The number of H-pyrrole nitrogens is 1. The summed E-state index contributed by atoms with van der Waals surface area (Å²) in [6.07, 6.45) is 1.79. The van der Waals surface area contributed by atoms with Gasteiger partial charge in [0.25, 0.3) is 0 Å². The molecule has 0 bridgehead atoms. The van der Waals surface area contributed by atoms with E-state index in [1.165, 1.54) is 17.5 Å². The maximum absolute atomic E-state index is 13.0. The molecule has 3 heterocycles. The van der Waals surface area contributed by atoms with E-state index < -0.39 is 10.0 Å². The van der Waals surface area contributed by atoms with Crippen molar-refractivity contribution in [2.45, 2.75) is 4.90 Å². The number of aromatic amines is 1. The number of morpholine rings is 1. The molecule has 3 N–H and O–H groups in total. The van der Waals surface area contributed by atoms with Gasteiger partial charge in [0, 0.05) is 39.0 Å². The van der Waals surface area contributed by atoms with Gasteiger partial charge < -0.3 is 29.8 Å². The van der Waals surface area contributed by atoms with Gasteiger partial charge in [-0.05, 0) is 18.2 Å². The Morgan fingerprint density at radius 1 is 1.19 bits per heavy atom. The number of fused-ring (bicyclic) bond motifs is 1. The number of hydrogen-bond acceptors (Lipinski definition) is 9. The van der Waals surface area contributed by atoms with Gasteiger partial charge in [0.2, 0.25) is 16.0 Å². The van der Waals surface area contributed by atoms with Crippen LogP contribution >= 0.6 is 0 Å². The molecular formula is C20H26N6O5S. The normalized spacial score (nSPS) is 15.1. The summed E-state index contributed by atoms with van der Waals surface area (Å²) >= 11 is 0. The average molecular weight is 463 g/mol. The minimum Gasteiger partial charge on any atom is -0.495 e. The van der Waals surface area contributed by atoms with Crippen LogP contribution in [0.3, 0.4) is 0 Å². The lowest BCUT2D eigenvalue weighted by atomic mass is 10.3. The van der Waals surface area contributed by atoms with Gasteiger partial charge in [-0.1, -0.05) is 0 Å². The summed E-state index contributed by atoms with van der Waals surface area (Å²) in [6.45, 7) is 2.54. The van der Waals surface area contributed by atoms with Gasteiger partial charge in [0.1, 0.15) is 17.2 Å². The maximum Gasteiger partial charge on any atom is 0.243 e. The maximum atomic E-state index is 13.0. The minimum atomic E-state index is -3.64. The van der Waals surface area contributed by atoms with Gasteiger partial charge in [0.15, 0.2) is 0 Å². The Hall–Kier alpha value is -2.93. The van der Waals surface area contributed by atoms with E-state index in [0.29, 0.717) is 68.3 Å². The van der Waals surface area contributed by atoms with Gasteiger partial charge >= 0.3 is 0 Å². The van der Waals surface area contributed by atoms with Crippen molar-refractivity contribution in [3.63, 3.8) is 0 Å². The van der Waals surface area contributed by atoms with Crippen molar-refractivity contribution in [1.82, 2.24) is 19.3 Å². The lowest BCUT2D eigenvalue weighted by Crippen LogP contribution is -2.40. The summed E-state index contributed by atoms with van der Waals surface area (Å²) in [5, 5.41) is 7.21. The molecule has 1 fully saturated rings. The Bertz CT molecular complexity index is 1180. The van der Waals surface area contributed by atoms with Crippen LogP contribution in [0.1, 0.15) is 0 Å². The zero-order valence-corrected chi connectivity index (χ0v) is 18.7. The number of nitrogens with zero attached hydrogens (tertiary/aromatic N) is 3. The molecule has 0 radical (unpaired) electrons. The monoisotopic (exact) mass is 462 g/mol. The van der Waals surface area contributed by atoms with Crippen LogP contribution in [0.4, 0.5) is 17.5 Å². The molecule has 0 unspecified atom stereocenters. The SMILES string of the molecule is COCCNc1nc(Nc2ccc(S(=O)(=O)N3CCOCC3)cc2OC)nc2[nH]ccc12. The molecule has 1 saturated heterocycles. The second-order valence-electron chi connectivity index (χ2n) is 7.06. The first kappa shape index (κ1) is 22.3. The summed E-state index contributed by atoms with van der Waals surface area (Å²) in [5.74, 6) is 1.35. The predicted octanol–water partition coefficient (Wildman–Crippen LogP) is 1.79. The highest BCUT2D eigenvalue weighted by Gasteiger charge is 2.27. The molecule has 11 nitrogen and oxygen atoms in total. The topological polar surface area (TPSA) is 131 Å². The van der Waals surface area contributed by atoms with Crippen LogP contribution in [0, 0.1) is 0 Å². The average Bonchev–Trinajstić information content (AvgIpc) is 3.29. The number of anilines is 3. The van der Waals surface area contributed by atoms with Gasteiger partial charge in [-0.3, -0.25) is 0 Å². The third-order valence-electron chi connectivity index (χ3n) is 5.04. The highest BCUT2D eigenvalue weighted by Crippen LogP contribution is 2.32. The number of ether oxygens (including phenoxy) is 3. The predicted molar refractivity (Wildman–Crippen MR) is 120 cm³/mol. The number of nitrogens with one attached hydrogen (secondary N) is 3. The summed E-state index contributed by atoms with van der Waals surface area (Å²) in [5.41, 5.74) is 1.20. The van der Waals surface area contributed by atoms with E-state index in [2.05, 4.69) is 25.6 Å². The lowest BCUT2D eigenvalue weighted by molar-refractivity contribution is 0.0730. The highest BCUT2D eigenvalue weighted by atomic mass is 32.2. The molecule has 0 atom stereocenters. The molecule has 172 valence electrons. The summed E-state index contributed by atoms with van der Waals surface area (Å²) in [6, 6.07) is 6.57. The molecule has 1 aromatic carbocycles. The van der Waals surface area contributed by atoms with Crippen molar-refractivity contribution >= 4 is 38.5 Å². The van der Waals surface area contributed by atoms with Crippen LogP contribution < -0.4 is 15.4 Å². The summed E-state index contributed by atoms with van der Waals surface area (Å²) in [7, 11) is -0.518. The number of hydrogen-bond donors (Lipinski definition) is 3. The van der Waals surface area contributed by atoms with Crippen molar-refractivity contribution in [1.29, 1.82) is 0 Å². The number of methoxy groups -OCH3 is 2. The number of rotatable bonds is 9. The Morgan fingerprint density at radius 2 is 2.00 bits per heavy atom. The quantitative estimate of drug-likeness (QED) is 0.407. The summed E-state index contributed by atoms with van der Waals surface area (Å²) < 4.78 is 43.1. The minimum absolute atomic E-state index is 0.157. The fraction of sp³-hybridized carbons (Fsp3) is 0.400. The van der Waals surface area contributed by atoms with Crippen LogP contribution in [0.25, 0.3) is 11.0 Å². The molecular weight excluding hydrogens is 436 g/mol. The second-order valence-corrected chi connectivity index (χ2v) is 9.00. The zero-order valence-electron chi connectivity index (χ0n) is 17.9. The first-order valence-corrected chi connectivity index (χ1v) is 11.6. The third kappa shape index (κ3) is 4.63.